The second-order valence-corrected chi connectivity index (χ2v) is 7.82. The van der Waals surface area contributed by atoms with Gasteiger partial charge in [-0.3, -0.25) is 9.69 Å². The molecule has 0 saturated heterocycles. The number of aromatic nitrogens is 2. The van der Waals surface area contributed by atoms with E-state index in [1.165, 1.54) is 12.1 Å². The number of rotatable bonds is 3. The van der Waals surface area contributed by atoms with Crippen LogP contribution < -0.4 is 5.56 Å². The Balaban J connectivity index is 1.60. The molecule has 0 atom stereocenters. The first-order valence-electron chi connectivity index (χ1n) is 9.07. The first-order chi connectivity index (χ1) is 13.8. The fourth-order valence-electron chi connectivity index (χ4n) is 3.45. The van der Waals surface area contributed by atoms with Gasteiger partial charge in [-0.15, -0.1) is 0 Å². The largest absolute Gasteiger partial charge is 0.416 e. The van der Waals surface area contributed by atoms with Gasteiger partial charge in [0.25, 0.3) is 5.56 Å². The molecule has 0 radical (unpaired) electrons. The van der Waals surface area contributed by atoms with Crippen LogP contribution in [0.15, 0.2) is 57.8 Å². The molecule has 150 valence electrons. The highest BCUT2D eigenvalue weighted by Gasteiger charge is 2.30. The number of H-pyrrole nitrogens is 1. The van der Waals surface area contributed by atoms with Crippen LogP contribution in [-0.2, 0) is 25.7 Å². The minimum absolute atomic E-state index is 0.231. The first-order valence-corrected chi connectivity index (χ1v) is 9.86. The molecule has 0 saturated carbocycles. The van der Waals surface area contributed by atoms with Gasteiger partial charge in [0.05, 0.1) is 11.3 Å². The number of nitrogens with zero attached hydrogens (tertiary/aromatic N) is 2. The van der Waals surface area contributed by atoms with Gasteiger partial charge < -0.3 is 4.98 Å². The van der Waals surface area contributed by atoms with Crippen LogP contribution in [0.5, 0.6) is 0 Å². The summed E-state index contributed by atoms with van der Waals surface area (Å²) in [6, 6.07) is 12.6. The van der Waals surface area contributed by atoms with Gasteiger partial charge in [0.15, 0.2) is 0 Å². The Labute approximate surface area is 173 Å². The Morgan fingerprint density at radius 2 is 1.83 bits per heavy atom. The number of fused-ring (bicyclic) bond motifs is 1. The smallest absolute Gasteiger partial charge is 0.306 e. The van der Waals surface area contributed by atoms with E-state index < -0.39 is 11.7 Å². The molecular formula is C21H17BrF3N3O. The third kappa shape index (κ3) is 4.28. The molecule has 0 bridgehead atoms. The zero-order valence-electron chi connectivity index (χ0n) is 15.3. The zero-order valence-corrected chi connectivity index (χ0v) is 16.8. The summed E-state index contributed by atoms with van der Waals surface area (Å²) in [5.41, 5.74) is 1.93. The van der Waals surface area contributed by atoms with Crippen molar-refractivity contribution in [2.75, 3.05) is 6.54 Å². The van der Waals surface area contributed by atoms with Gasteiger partial charge in [-0.2, -0.15) is 13.2 Å². The average Bonchev–Trinajstić information content (AvgIpc) is 2.69. The summed E-state index contributed by atoms with van der Waals surface area (Å²) in [4.78, 5) is 22.0. The summed E-state index contributed by atoms with van der Waals surface area (Å²) in [6.07, 6.45) is -3.82. The molecule has 0 unspecified atom stereocenters. The molecule has 4 rings (SSSR count). The van der Waals surface area contributed by atoms with E-state index in [1.54, 1.807) is 0 Å². The molecule has 4 nitrogen and oxygen atoms in total. The van der Waals surface area contributed by atoms with Crippen LogP contribution >= 0.6 is 15.9 Å². The molecule has 3 aromatic rings. The molecule has 29 heavy (non-hydrogen) atoms. The van der Waals surface area contributed by atoms with E-state index in [0.717, 1.165) is 28.7 Å². The topological polar surface area (TPSA) is 49.0 Å². The van der Waals surface area contributed by atoms with E-state index in [0.29, 0.717) is 36.3 Å². The lowest BCUT2D eigenvalue weighted by molar-refractivity contribution is -0.137. The van der Waals surface area contributed by atoms with Gasteiger partial charge in [0.2, 0.25) is 0 Å². The minimum Gasteiger partial charge on any atom is -0.306 e. The summed E-state index contributed by atoms with van der Waals surface area (Å²) in [6.45, 7) is 1.96. The quantitative estimate of drug-likeness (QED) is 0.608. The second kappa shape index (κ2) is 7.76. The van der Waals surface area contributed by atoms with Crippen molar-refractivity contribution in [1.29, 1.82) is 0 Å². The van der Waals surface area contributed by atoms with E-state index in [2.05, 4.69) is 30.8 Å². The first kappa shape index (κ1) is 19.8. The van der Waals surface area contributed by atoms with Crippen molar-refractivity contribution in [3.8, 4) is 11.4 Å². The number of aromatic amines is 1. The summed E-state index contributed by atoms with van der Waals surface area (Å²) in [7, 11) is 0. The van der Waals surface area contributed by atoms with E-state index in [4.69, 9.17) is 0 Å². The zero-order chi connectivity index (χ0) is 20.6. The lowest BCUT2D eigenvalue weighted by Crippen LogP contribution is -2.35. The minimum atomic E-state index is -4.40. The van der Waals surface area contributed by atoms with Crippen LogP contribution in [-0.4, -0.2) is 21.4 Å². The predicted molar refractivity (Wildman–Crippen MR) is 107 cm³/mol. The molecule has 8 heteroatoms. The molecule has 0 amide bonds. The molecule has 1 N–H and O–H groups in total. The second-order valence-electron chi connectivity index (χ2n) is 6.97. The fraction of sp³-hybridized carbons (Fsp3) is 0.238. The summed E-state index contributed by atoms with van der Waals surface area (Å²) < 4.78 is 39.4. The molecule has 0 fully saturated rings. The average molecular weight is 464 g/mol. The molecule has 1 aromatic heterocycles. The van der Waals surface area contributed by atoms with Gasteiger partial charge in [0, 0.05) is 35.2 Å². The number of nitrogens with one attached hydrogen (secondary N) is 1. The van der Waals surface area contributed by atoms with Crippen molar-refractivity contribution in [3.05, 3.63) is 85.7 Å². The van der Waals surface area contributed by atoms with Crippen molar-refractivity contribution < 1.29 is 13.2 Å². The summed E-state index contributed by atoms with van der Waals surface area (Å²) >= 11 is 3.55. The molecule has 1 aliphatic rings. The van der Waals surface area contributed by atoms with Crippen molar-refractivity contribution >= 4 is 15.9 Å². The highest BCUT2D eigenvalue weighted by Crippen LogP contribution is 2.30. The lowest BCUT2D eigenvalue weighted by Gasteiger charge is -2.28. The highest BCUT2D eigenvalue weighted by molar-refractivity contribution is 9.10. The molecule has 2 aromatic carbocycles. The SMILES string of the molecule is O=c1[nH]c(-c2ccc(C(F)(F)F)cc2)nc2c1CCN(Cc1ccccc1Br)C2. The maximum Gasteiger partial charge on any atom is 0.416 e. The summed E-state index contributed by atoms with van der Waals surface area (Å²) in [5.74, 6) is 0.283. The van der Waals surface area contributed by atoms with Crippen LogP contribution in [0.25, 0.3) is 11.4 Å². The normalized spacial score (nSPS) is 14.6. The van der Waals surface area contributed by atoms with Gasteiger partial charge in [-0.25, -0.2) is 4.98 Å². The highest BCUT2D eigenvalue weighted by atomic mass is 79.9. The van der Waals surface area contributed by atoms with Gasteiger partial charge in [-0.05, 0) is 30.2 Å². The van der Waals surface area contributed by atoms with Crippen molar-refractivity contribution in [2.24, 2.45) is 0 Å². The lowest BCUT2D eigenvalue weighted by atomic mass is 10.0. The van der Waals surface area contributed by atoms with Gasteiger partial charge in [-0.1, -0.05) is 46.3 Å². The molecule has 2 heterocycles. The number of hydrogen-bond acceptors (Lipinski definition) is 3. The third-order valence-corrected chi connectivity index (χ3v) is 5.76. The van der Waals surface area contributed by atoms with Crippen molar-refractivity contribution in [3.63, 3.8) is 0 Å². The van der Waals surface area contributed by atoms with Crippen LogP contribution in [0, 0.1) is 0 Å². The fourth-order valence-corrected chi connectivity index (χ4v) is 3.86. The standard InChI is InChI=1S/C21H17BrF3N3O/c22-17-4-2-1-3-14(17)11-28-10-9-16-18(12-28)26-19(27-20(16)29)13-5-7-15(8-6-13)21(23,24)25/h1-8H,9-12H2,(H,26,27,29). The Morgan fingerprint density at radius 3 is 2.52 bits per heavy atom. The van der Waals surface area contributed by atoms with Crippen LogP contribution in [0.3, 0.4) is 0 Å². The summed E-state index contributed by atoms with van der Waals surface area (Å²) in [5, 5.41) is 0. The Kier molecular flexibility index (Phi) is 5.31. The molecule has 0 aliphatic carbocycles. The maximum absolute atomic E-state index is 12.8. The maximum atomic E-state index is 12.8. The number of benzene rings is 2. The number of halogens is 4. The predicted octanol–water partition coefficient (Wildman–Crippen LogP) is 4.78. The molecular weight excluding hydrogens is 447 g/mol. The van der Waals surface area contributed by atoms with E-state index >= 15 is 0 Å². The third-order valence-electron chi connectivity index (χ3n) is 4.99. The van der Waals surface area contributed by atoms with E-state index in [1.807, 2.05) is 24.3 Å². The number of hydrogen-bond donors (Lipinski definition) is 1. The van der Waals surface area contributed by atoms with Crippen LogP contribution in [0.4, 0.5) is 13.2 Å². The Morgan fingerprint density at radius 1 is 1.10 bits per heavy atom. The van der Waals surface area contributed by atoms with Gasteiger partial charge >= 0.3 is 6.18 Å². The van der Waals surface area contributed by atoms with Crippen molar-refractivity contribution in [1.82, 2.24) is 14.9 Å². The monoisotopic (exact) mass is 463 g/mol. The Hall–Kier alpha value is -2.45. The molecule has 1 aliphatic heterocycles. The van der Waals surface area contributed by atoms with E-state index in [9.17, 15) is 18.0 Å². The van der Waals surface area contributed by atoms with Crippen LogP contribution in [0.2, 0.25) is 0 Å². The molecule has 0 spiro atoms. The Bertz CT molecular complexity index is 1090. The van der Waals surface area contributed by atoms with Gasteiger partial charge in [0.1, 0.15) is 5.82 Å². The number of alkyl halides is 3. The van der Waals surface area contributed by atoms with Crippen molar-refractivity contribution in [2.45, 2.75) is 25.7 Å². The van der Waals surface area contributed by atoms with Crippen LogP contribution in [0.1, 0.15) is 22.4 Å². The van der Waals surface area contributed by atoms with E-state index in [-0.39, 0.29) is 11.4 Å².